The van der Waals surface area contributed by atoms with Gasteiger partial charge < -0.3 is 4.74 Å². The highest BCUT2D eigenvalue weighted by Gasteiger charge is 2.06. The molecule has 1 heterocycles. The Morgan fingerprint density at radius 2 is 2.27 bits per heavy atom. The number of hydrogen-bond acceptors (Lipinski definition) is 3. The van der Waals surface area contributed by atoms with E-state index in [0.29, 0.717) is 18.4 Å². The van der Waals surface area contributed by atoms with Crippen LogP contribution < -0.4 is 4.74 Å². The Labute approximate surface area is 95.8 Å². The van der Waals surface area contributed by atoms with Crippen LogP contribution in [0.1, 0.15) is 32.3 Å². The third-order valence-corrected chi connectivity index (χ3v) is 2.36. The average Bonchev–Trinajstić information content (AvgIpc) is 2.20. The summed E-state index contributed by atoms with van der Waals surface area (Å²) in [5, 5.41) is 0.235. The maximum atomic E-state index is 5.69. The molecular formula is C11H17ClN2O. The third-order valence-electron chi connectivity index (χ3n) is 2.18. The second kappa shape index (κ2) is 5.91. The fourth-order valence-electron chi connectivity index (χ4n) is 1.35. The normalized spacial score (nSPS) is 12.5. The van der Waals surface area contributed by atoms with Crippen molar-refractivity contribution in [1.82, 2.24) is 9.97 Å². The van der Waals surface area contributed by atoms with E-state index in [4.69, 9.17) is 16.3 Å². The molecule has 1 atom stereocenters. The summed E-state index contributed by atoms with van der Waals surface area (Å²) in [5.74, 6) is 1.14. The molecule has 84 valence electrons. The molecule has 0 bridgehead atoms. The quantitative estimate of drug-likeness (QED) is 0.726. The van der Waals surface area contributed by atoms with Crippen molar-refractivity contribution < 1.29 is 4.74 Å². The van der Waals surface area contributed by atoms with Crippen molar-refractivity contribution in [3.05, 3.63) is 17.0 Å². The van der Waals surface area contributed by atoms with Gasteiger partial charge in [0.25, 0.3) is 0 Å². The second-order valence-corrected chi connectivity index (χ2v) is 4.17. The van der Waals surface area contributed by atoms with Crippen LogP contribution >= 0.6 is 11.6 Å². The molecule has 0 aliphatic carbocycles. The lowest BCUT2D eigenvalue weighted by Gasteiger charge is -2.12. The van der Waals surface area contributed by atoms with Crippen molar-refractivity contribution in [2.24, 2.45) is 5.92 Å². The van der Waals surface area contributed by atoms with Crippen LogP contribution in [0.4, 0.5) is 0 Å². The van der Waals surface area contributed by atoms with Gasteiger partial charge in [-0.1, -0.05) is 20.3 Å². The molecule has 0 saturated heterocycles. The second-order valence-electron chi connectivity index (χ2n) is 3.83. The number of rotatable bonds is 5. The Morgan fingerprint density at radius 3 is 2.93 bits per heavy atom. The van der Waals surface area contributed by atoms with E-state index in [9.17, 15) is 0 Å². The molecule has 0 aromatic carbocycles. The number of aryl methyl sites for hydroxylation is 1. The first kappa shape index (κ1) is 12.2. The fraction of sp³-hybridized carbons (Fsp3) is 0.636. The molecule has 0 N–H and O–H groups in total. The van der Waals surface area contributed by atoms with Gasteiger partial charge in [0.2, 0.25) is 11.2 Å². The zero-order valence-electron chi connectivity index (χ0n) is 9.46. The zero-order chi connectivity index (χ0) is 11.3. The first-order valence-electron chi connectivity index (χ1n) is 5.25. The Kier molecular flexibility index (Phi) is 4.82. The molecular weight excluding hydrogens is 212 g/mol. The summed E-state index contributed by atoms with van der Waals surface area (Å²) < 4.78 is 5.60. The summed E-state index contributed by atoms with van der Waals surface area (Å²) in [6.45, 7) is 6.93. The van der Waals surface area contributed by atoms with Gasteiger partial charge in [-0.3, -0.25) is 0 Å². The van der Waals surface area contributed by atoms with Crippen LogP contribution in [-0.4, -0.2) is 16.6 Å². The van der Waals surface area contributed by atoms with E-state index in [0.717, 1.165) is 12.0 Å². The maximum Gasteiger partial charge on any atom is 0.225 e. The highest BCUT2D eigenvalue weighted by atomic mass is 35.5. The number of halogens is 1. The smallest absolute Gasteiger partial charge is 0.225 e. The van der Waals surface area contributed by atoms with Crippen LogP contribution in [0.2, 0.25) is 5.28 Å². The minimum atomic E-state index is 0.235. The van der Waals surface area contributed by atoms with Crippen LogP contribution in [-0.2, 0) is 0 Å². The van der Waals surface area contributed by atoms with Crippen molar-refractivity contribution >= 4 is 11.6 Å². The standard InChI is InChI=1S/C11H17ClN2O/c1-4-5-8(2)7-15-10-9(3)6-13-11(12)14-10/h6,8H,4-5,7H2,1-3H3. The molecule has 0 aliphatic heterocycles. The molecule has 0 amide bonds. The molecule has 0 saturated carbocycles. The summed E-state index contributed by atoms with van der Waals surface area (Å²) in [5.41, 5.74) is 0.920. The third kappa shape index (κ3) is 4.04. The van der Waals surface area contributed by atoms with Crippen LogP contribution in [0.15, 0.2) is 6.20 Å². The highest BCUT2D eigenvalue weighted by molar-refractivity contribution is 6.28. The molecule has 3 nitrogen and oxygen atoms in total. The number of nitrogens with zero attached hydrogens (tertiary/aromatic N) is 2. The predicted octanol–water partition coefficient (Wildman–Crippen LogP) is 3.25. The van der Waals surface area contributed by atoms with Crippen LogP contribution in [0.3, 0.4) is 0 Å². The molecule has 1 unspecified atom stereocenters. The lowest BCUT2D eigenvalue weighted by atomic mass is 10.1. The molecule has 1 aromatic rings. The summed E-state index contributed by atoms with van der Waals surface area (Å²) in [4.78, 5) is 7.91. The molecule has 15 heavy (non-hydrogen) atoms. The van der Waals surface area contributed by atoms with Crippen molar-refractivity contribution in [2.75, 3.05) is 6.61 Å². The van der Waals surface area contributed by atoms with Gasteiger partial charge in [0.1, 0.15) is 0 Å². The maximum absolute atomic E-state index is 5.69. The largest absolute Gasteiger partial charge is 0.477 e. The zero-order valence-corrected chi connectivity index (χ0v) is 10.2. The summed E-state index contributed by atoms with van der Waals surface area (Å²) >= 11 is 5.69. The van der Waals surface area contributed by atoms with Crippen molar-refractivity contribution in [3.63, 3.8) is 0 Å². The van der Waals surface area contributed by atoms with Crippen molar-refractivity contribution in [1.29, 1.82) is 0 Å². The summed E-state index contributed by atoms with van der Waals surface area (Å²) in [6.07, 6.45) is 4.01. The van der Waals surface area contributed by atoms with E-state index < -0.39 is 0 Å². The minimum Gasteiger partial charge on any atom is -0.477 e. The van der Waals surface area contributed by atoms with E-state index in [1.165, 1.54) is 6.42 Å². The molecule has 0 aliphatic rings. The lowest BCUT2D eigenvalue weighted by molar-refractivity contribution is 0.241. The lowest BCUT2D eigenvalue weighted by Crippen LogP contribution is -2.10. The number of hydrogen-bond donors (Lipinski definition) is 0. The minimum absolute atomic E-state index is 0.235. The van der Waals surface area contributed by atoms with E-state index in [2.05, 4.69) is 23.8 Å². The monoisotopic (exact) mass is 228 g/mol. The molecule has 1 rings (SSSR count). The van der Waals surface area contributed by atoms with Gasteiger partial charge in [0.05, 0.1) is 6.61 Å². The Morgan fingerprint density at radius 1 is 1.53 bits per heavy atom. The highest BCUT2D eigenvalue weighted by Crippen LogP contribution is 2.16. The molecule has 1 aromatic heterocycles. The molecule has 0 fully saturated rings. The van der Waals surface area contributed by atoms with E-state index in [1.807, 2.05) is 6.92 Å². The van der Waals surface area contributed by atoms with Gasteiger partial charge in [-0.25, -0.2) is 4.98 Å². The average molecular weight is 229 g/mol. The van der Waals surface area contributed by atoms with Crippen molar-refractivity contribution in [2.45, 2.75) is 33.6 Å². The summed E-state index contributed by atoms with van der Waals surface area (Å²) in [6, 6.07) is 0. The van der Waals surface area contributed by atoms with Crippen LogP contribution in [0.5, 0.6) is 5.88 Å². The molecule has 0 radical (unpaired) electrons. The summed E-state index contributed by atoms with van der Waals surface area (Å²) in [7, 11) is 0. The first-order valence-corrected chi connectivity index (χ1v) is 5.63. The Hall–Kier alpha value is -0.830. The van der Waals surface area contributed by atoms with Gasteiger partial charge in [0, 0.05) is 11.8 Å². The predicted molar refractivity (Wildman–Crippen MR) is 61.3 cm³/mol. The van der Waals surface area contributed by atoms with Gasteiger partial charge >= 0.3 is 0 Å². The van der Waals surface area contributed by atoms with Crippen LogP contribution in [0.25, 0.3) is 0 Å². The van der Waals surface area contributed by atoms with E-state index >= 15 is 0 Å². The van der Waals surface area contributed by atoms with E-state index in [-0.39, 0.29) is 5.28 Å². The van der Waals surface area contributed by atoms with Crippen LogP contribution in [0, 0.1) is 12.8 Å². The van der Waals surface area contributed by atoms with Gasteiger partial charge in [-0.15, -0.1) is 0 Å². The SMILES string of the molecule is CCCC(C)COc1nc(Cl)ncc1C. The van der Waals surface area contributed by atoms with Gasteiger partial charge in [0.15, 0.2) is 0 Å². The number of ether oxygens (including phenoxy) is 1. The van der Waals surface area contributed by atoms with E-state index in [1.54, 1.807) is 6.20 Å². The molecule has 0 spiro atoms. The molecule has 4 heteroatoms. The Balaban J connectivity index is 2.53. The van der Waals surface area contributed by atoms with Crippen molar-refractivity contribution in [3.8, 4) is 5.88 Å². The van der Waals surface area contributed by atoms with Gasteiger partial charge in [-0.05, 0) is 30.9 Å². The topological polar surface area (TPSA) is 35.0 Å². The fourth-order valence-corrected chi connectivity index (χ4v) is 1.48. The number of aromatic nitrogens is 2. The first-order chi connectivity index (χ1) is 7.13. The Bertz CT molecular complexity index is 317. The van der Waals surface area contributed by atoms with Gasteiger partial charge in [-0.2, -0.15) is 4.98 Å².